The van der Waals surface area contributed by atoms with E-state index in [-0.39, 0.29) is 11.9 Å². The first-order valence-corrected chi connectivity index (χ1v) is 6.88. The Morgan fingerprint density at radius 3 is 2.58 bits per heavy atom. The fourth-order valence-corrected chi connectivity index (χ4v) is 3.00. The van der Waals surface area contributed by atoms with E-state index in [1.54, 1.807) is 12.1 Å². The molecule has 0 unspecified atom stereocenters. The molecule has 1 aromatic carbocycles. The van der Waals surface area contributed by atoms with Gasteiger partial charge in [-0.05, 0) is 42.9 Å². The van der Waals surface area contributed by atoms with Crippen LogP contribution in [0.25, 0.3) is 0 Å². The monoisotopic (exact) mass is 260 g/mol. The van der Waals surface area contributed by atoms with Gasteiger partial charge in [0.05, 0.1) is 12.7 Å². The van der Waals surface area contributed by atoms with E-state index < -0.39 is 0 Å². The molecule has 0 amide bonds. The van der Waals surface area contributed by atoms with Gasteiger partial charge in [-0.2, -0.15) is 0 Å². The number of ketones is 1. The molecule has 0 aromatic heterocycles. The van der Waals surface area contributed by atoms with E-state index >= 15 is 0 Å². The first-order chi connectivity index (χ1) is 9.17. The Kier molecular flexibility index (Phi) is 4.35. The highest BCUT2D eigenvalue weighted by Crippen LogP contribution is 2.37. The smallest absolute Gasteiger partial charge is 0.337 e. The second kappa shape index (κ2) is 6.00. The van der Waals surface area contributed by atoms with E-state index in [1.165, 1.54) is 7.11 Å². The van der Waals surface area contributed by atoms with Crippen LogP contribution in [0.1, 0.15) is 54.4 Å². The third kappa shape index (κ3) is 2.86. The summed E-state index contributed by atoms with van der Waals surface area (Å²) in [5.74, 6) is 0.504. The molecular formula is C16H20O3. The zero-order valence-electron chi connectivity index (χ0n) is 11.5. The molecular weight excluding hydrogens is 240 g/mol. The molecule has 2 atom stereocenters. The van der Waals surface area contributed by atoms with Crippen LogP contribution < -0.4 is 0 Å². The summed E-state index contributed by atoms with van der Waals surface area (Å²) in [6.45, 7) is 2.07. The van der Waals surface area contributed by atoms with Crippen LogP contribution in [0.4, 0.5) is 0 Å². The number of carbonyl (C=O) groups is 2. The van der Waals surface area contributed by atoms with Crippen LogP contribution in [0.5, 0.6) is 0 Å². The van der Waals surface area contributed by atoms with Crippen LogP contribution in [-0.2, 0) is 9.53 Å². The first-order valence-electron chi connectivity index (χ1n) is 6.88. The molecule has 0 bridgehead atoms. The quantitative estimate of drug-likeness (QED) is 0.783. The van der Waals surface area contributed by atoms with Crippen molar-refractivity contribution in [2.75, 3.05) is 7.11 Å². The third-order valence-electron chi connectivity index (χ3n) is 4.04. The first kappa shape index (κ1) is 13.8. The number of rotatable bonds is 3. The topological polar surface area (TPSA) is 43.4 Å². The molecule has 0 spiro atoms. The Labute approximate surface area is 114 Å². The van der Waals surface area contributed by atoms with Gasteiger partial charge < -0.3 is 4.74 Å². The van der Waals surface area contributed by atoms with E-state index in [9.17, 15) is 9.59 Å². The predicted octanol–water partition coefficient (Wildman–Crippen LogP) is 3.34. The van der Waals surface area contributed by atoms with Gasteiger partial charge in [-0.15, -0.1) is 0 Å². The van der Waals surface area contributed by atoms with Gasteiger partial charge in [-0.3, -0.25) is 4.79 Å². The summed E-state index contributed by atoms with van der Waals surface area (Å²) in [4.78, 5) is 23.4. The number of ether oxygens (including phenoxy) is 1. The summed E-state index contributed by atoms with van der Waals surface area (Å²) >= 11 is 0. The lowest BCUT2D eigenvalue weighted by Gasteiger charge is -2.30. The largest absolute Gasteiger partial charge is 0.465 e. The summed E-state index contributed by atoms with van der Waals surface area (Å²) in [5, 5.41) is 0. The van der Waals surface area contributed by atoms with Gasteiger partial charge in [-0.25, -0.2) is 4.79 Å². The number of hydrogen-bond donors (Lipinski definition) is 0. The minimum atomic E-state index is -0.321. The van der Waals surface area contributed by atoms with Crippen LogP contribution in [0.2, 0.25) is 0 Å². The van der Waals surface area contributed by atoms with E-state index in [1.807, 2.05) is 12.1 Å². The van der Waals surface area contributed by atoms with Crippen molar-refractivity contribution >= 4 is 11.8 Å². The Morgan fingerprint density at radius 2 is 2.00 bits per heavy atom. The summed E-state index contributed by atoms with van der Waals surface area (Å²) in [5.41, 5.74) is 1.72. The number of benzene rings is 1. The van der Waals surface area contributed by atoms with Crippen molar-refractivity contribution in [1.29, 1.82) is 0 Å². The molecule has 1 aliphatic carbocycles. The molecule has 3 heteroatoms. The average Bonchev–Trinajstić information content (AvgIpc) is 2.46. The van der Waals surface area contributed by atoms with Gasteiger partial charge >= 0.3 is 5.97 Å². The Balaban J connectivity index is 2.21. The summed E-state index contributed by atoms with van der Waals surface area (Å²) in [6, 6.07) is 7.48. The highest BCUT2D eigenvalue weighted by molar-refractivity contribution is 5.89. The van der Waals surface area contributed by atoms with Gasteiger partial charge in [0.15, 0.2) is 0 Å². The molecule has 19 heavy (non-hydrogen) atoms. The fraction of sp³-hybridized carbons (Fsp3) is 0.500. The van der Waals surface area contributed by atoms with Crippen LogP contribution in [0.3, 0.4) is 0 Å². The lowest BCUT2D eigenvalue weighted by molar-refractivity contribution is -0.125. The van der Waals surface area contributed by atoms with Gasteiger partial charge in [-0.1, -0.05) is 19.1 Å². The van der Waals surface area contributed by atoms with Gasteiger partial charge in [0.25, 0.3) is 0 Å². The van der Waals surface area contributed by atoms with Crippen molar-refractivity contribution in [3.8, 4) is 0 Å². The van der Waals surface area contributed by atoms with Gasteiger partial charge in [0.1, 0.15) is 5.78 Å². The summed E-state index contributed by atoms with van der Waals surface area (Å²) < 4.78 is 4.69. The van der Waals surface area contributed by atoms with Crippen LogP contribution >= 0.6 is 0 Å². The molecule has 3 nitrogen and oxygen atoms in total. The van der Waals surface area contributed by atoms with Crippen molar-refractivity contribution < 1.29 is 14.3 Å². The van der Waals surface area contributed by atoms with Crippen molar-refractivity contribution in [3.63, 3.8) is 0 Å². The van der Waals surface area contributed by atoms with Crippen LogP contribution in [0, 0.1) is 5.92 Å². The zero-order valence-corrected chi connectivity index (χ0v) is 11.5. The van der Waals surface area contributed by atoms with Crippen molar-refractivity contribution in [3.05, 3.63) is 35.4 Å². The molecule has 0 radical (unpaired) electrons. The normalized spacial score (nSPS) is 23.2. The van der Waals surface area contributed by atoms with E-state index in [0.29, 0.717) is 17.3 Å². The SMILES string of the molecule is CC[C@H]1C(=O)CCC[C@H]1c1ccc(C(=O)OC)cc1. The average molecular weight is 260 g/mol. The number of Topliss-reactive ketones (excluding diaryl/α,β-unsaturated/α-hetero) is 1. The van der Waals surface area contributed by atoms with E-state index in [2.05, 4.69) is 11.7 Å². The third-order valence-corrected chi connectivity index (χ3v) is 4.04. The van der Waals surface area contributed by atoms with E-state index in [4.69, 9.17) is 0 Å². The molecule has 1 saturated carbocycles. The standard InChI is InChI=1S/C16H20O3/c1-3-13-14(5-4-6-15(13)17)11-7-9-12(10-8-11)16(18)19-2/h7-10,13-14H,3-6H2,1-2H3/t13-,14+/m1/s1. The molecule has 0 saturated heterocycles. The van der Waals surface area contributed by atoms with Crippen molar-refractivity contribution in [1.82, 2.24) is 0 Å². The fourth-order valence-electron chi connectivity index (χ4n) is 3.00. The maximum atomic E-state index is 12.0. The minimum absolute atomic E-state index is 0.137. The molecule has 2 rings (SSSR count). The molecule has 0 aliphatic heterocycles. The molecule has 1 aliphatic rings. The minimum Gasteiger partial charge on any atom is -0.465 e. The van der Waals surface area contributed by atoms with E-state index in [0.717, 1.165) is 31.2 Å². The Morgan fingerprint density at radius 1 is 1.32 bits per heavy atom. The molecule has 102 valence electrons. The molecule has 0 heterocycles. The zero-order chi connectivity index (χ0) is 13.8. The highest BCUT2D eigenvalue weighted by Gasteiger charge is 2.31. The van der Waals surface area contributed by atoms with Crippen molar-refractivity contribution in [2.45, 2.75) is 38.5 Å². The Hall–Kier alpha value is -1.64. The maximum absolute atomic E-state index is 12.0. The van der Waals surface area contributed by atoms with Crippen LogP contribution in [-0.4, -0.2) is 18.9 Å². The summed E-state index contributed by atoms with van der Waals surface area (Å²) in [6.07, 6.45) is 3.64. The van der Waals surface area contributed by atoms with Crippen molar-refractivity contribution in [2.24, 2.45) is 5.92 Å². The van der Waals surface area contributed by atoms with Gasteiger partial charge in [0.2, 0.25) is 0 Å². The number of esters is 1. The molecule has 1 fully saturated rings. The number of hydrogen-bond acceptors (Lipinski definition) is 3. The number of methoxy groups -OCH3 is 1. The van der Waals surface area contributed by atoms with Crippen LogP contribution in [0.15, 0.2) is 24.3 Å². The number of carbonyl (C=O) groups excluding carboxylic acids is 2. The second-order valence-corrected chi connectivity index (χ2v) is 5.09. The van der Waals surface area contributed by atoms with Gasteiger partial charge in [0, 0.05) is 12.3 Å². The maximum Gasteiger partial charge on any atom is 0.337 e. The lowest BCUT2D eigenvalue weighted by atomic mass is 9.73. The predicted molar refractivity (Wildman–Crippen MR) is 73.2 cm³/mol. The second-order valence-electron chi connectivity index (χ2n) is 5.09. The Bertz CT molecular complexity index is 461. The molecule has 0 N–H and O–H groups in total. The summed E-state index contributed by atoms with van der Waals surface area (Å²) in [7, 11) is 1.38. The molecule has 1 aromatic rings. The highest BCUT2D eigenvalue weighted by atomic mass is 16.5. The lowest BCUT2D eigenvalue weighted by Crippen LogP contribution is -2.26.